The van der Waals surface area contributed by atoms with E-state index in [1.807, 2.05) is 0 Å². The Morgan fingerprint density at radius 1 is 1.32 bits per heavy atom. The van der Waals surface area contributed by atoms with E-state index in [1.165, 1.54) is 29.2 Å². The zero-order valence-electron chi connectivity index (χ0n) is 12.6. The molecule has 22 heavy (non-hydrogen) atoms. The van der Waals surface area contributed by atoms with Gasteiger partial charge in [-0.1, -0.05) is 12.1 Å². The Balaban J connectivity index is 2.63. The Bertz CT molecular complexity index is 532. The van der Waals surface area contributed by atoms with Crippen molar-refractivity contribution in [3.05, 3.63) is 29.8 Å². The van der Waals surface area contributed by atoms with E-state index in [0.717, 1.165) is 0 Å². The second-order valence-corrected chi connectivity index (χ2v) is 6.60. The van der Waals surface area contributed by atoms with Crippen molar-refractivity contribution in [2.45, 2.75) is 25.6 Å². The molecule has 1 rings (SSSR count). The first-order valence-electron chi connectivity index (χ1n) is 6.58. The molecule has 0 aliphatic rings. The van der Waals surface area contributed by atoms with Crippen LogP contribution in [0.5, 0.6) is 0 Å². The van der Waals surface area contributed by atoms with Gasteiger partial charge in [-0.05, 0) is 24.6 Å². The highest BCUT2D eigenvalue weighted by molar-refractivity contribution is 7.84. The molecule has 2 amide bonds. The summed E-state index contributed by atoms with van der Waals surface area (Å²) in [6, 6.07) is 4.89. The van der Waals surface area contributed by atoms with Crippen LogP contribution >= 0.6 is 0 Å². The molecule has 0 bridgehead atoms. The molecule has 0 heterocycles. The highest BCUT2D eigenvalue weighted by Gasteiger charge is 2.27. The zero-order valence-corrected chi connectivity index (χ0v) is 13.4. The van der Waals surface area contributed by atoms with Gasteiger partial charge >= 0.3 is 12.2 Å². The van der Waals surface area contributed by atoms with Crippen LogP contribution in [0.4, 0.5) is 23.7 Å². The normalized spacial score (nSPS) is 14.3. The van der Waals surface area contributed by atoms with E-state index in [4.69, 9.17) is 0 Å². The van der Waals surface area contributed by atoms with Gasteiger partial charge in [-0.15, -0.1) is 0 Å². The molecule has 0 saturated carbocycles. The molecule has 1 N–H and O–H groups in total. The molecule has 0 aromatic heterocycles. The molecular formula is C14H19F3N2O2S. The standard InChI is InChI=1S/C14H19F3N2O2S/c1-10(9-22(3)21)19(2)13(20)18-12-6-4-11(5-7-12)8-14(15,16)17/h4-7,10H,8-9H2,1-3H3,(H,18,20)/t10-,22-/m1/s1. The summed E-state index contributed by atoms with van der Waals surface area (Å²) >= 11 is 0. The molecule has 1 aromatic carbocycles. The number of amides is 2. The first-order chi connectivity index (χ1) is 10.1. The second kappa shape index (κ2) is 7.62. The maximum atomic E-state index is 12.2. The third-order valence-corrected chi connectivity index (χ3v) is 4.02. The lowest BCUT2D eigenvalue weighted by atomic mass is 10.1. The Morgan fingerprint density at radius 3 is 2.32 bits per heavy atom. The number of nitrogens with zero attached hydrogens (tertiary/aromatic N) is 1. The molecule has 124 valence electrons. The van der Waals surface area contributed by atoms with Gasteiger partial charge in [0.05, 0.1) is 6.42 Å². The van der Waals surface area contributed by atoms with E-state index in [1.54, 1.807) is 20.2 Å². The van der Waals surface area contributed by atoms with Crippen LogP contribution in [-0.4, -0.2) is 46.4 Å². The Labute approximate surface area is 130 Å². The van der Waals surface area contributed by atoms with E-state index in [-0.39, 0.29) is 11.6 Å². The smallest absolute Gasteiger partial charge is 0.324 e. The summed E-state index contributed by atoms with van der Waals surface area (Å²) in [4.78, 5) is 13.4. The van der Waals surface area contributed by atoms with Crippen molar-refractivity contribution in [1.82, 2.24) is 4.90 Å². The second-order valence-electron chi connectivity index (χ2n) is 5.12. The van der Waals surface area contributed by atoms with Crippen LogP contribution in [0.15, 0.2) is 24.3 Å². The maximum absolute atomic E-state index is 12.2. The fraction of sp³-hybridized carbons (Fsp3) is 0.500. The van der Waals surface area contributed by atoms with Crippen LogP contribution in [0.3, 0.4) is 0 Å². The molecule has 0 radical (unpaired) electrons. The van der Waals surface area contributed by atoms with E-state index < -0.39 is 29.4 Å². The first-order valence-corrected chi connectivity index (χ1v) is 8.30. The highest BCUT2D eigenvalue weighted by atomic mass is 32.2. The number of benzene rings is 1. The third-order valence-electron chi connectivity index (χ3n) is 3.07. The van der Waals surface area contributed by atoms with E-state index in [9.17, 15) is 22.2 Å². The lowest BCUT2D eigenvalue weighted by Crippen LogP contribution is -2.40. The molecule has 0 aliphatic carbocycles. The summed E-state index contributed by atoms with van der Waals surface area (Å²) in [5, 5.41) is 2.59. The van der Waals surface area contributed by atoms with Crippen molar-refractivity contribution in [2.75, 3.05) is 24.4 Å². The van der Waals surface area contributed by atoms with Gasteiger partial charge in [-0.25, -0.2) is 4.79 Å². The Hall–Kier alpha value is -1.57. The molecule has 4 nitrogen and oxygen atoms in total. The first kappa shape index (κ1) is 18.5. The number of anilines is 1. The summed E-state index contributed by atoms with van der Waals surface area (Å²) < 4.78 is 47.9. The molecule has 0 aliphatic heterocycles. The van der Waals surface area contributed by atoms with Crippen molar-refractivity contribution >= 4 is 22.5 Å². The number of carbonyl (C=O) groups is 1. The summed E-state index contributed by atoms with van der Waals surface area (Å²) in [6.45, 7) is 1.77. The number of hydrogen-bond acceptors (Lipinski definition) is 2. The van der Waals surface area contributed by atoms with Gasteiger partial charge in [0.2, 0.25) is 0 Å². The summed E-state index contributed by atoms with van der Waals surface area (Å²) in [5.74, 6) is 0.356. The Kier molecular flexibility index (Phi) is 6.40. The van der Waals surface area contributed by atoms with E-state index >= 15 is 0 Å². The molecular weight excluding hydrogens is 317 g/mol. The van der Waals surface area contributed by atoms with Gasteiger partial charge < -0.3 is 10.2 Å². The van der Waals surface area contributed by atoms with Gasteiger partial charge in [0, 0.05) is 41.6 Å². The quantitative estimate of drug-likeness (QED) is 0.898. The predicted molar refractivity (Wildman–Crippen MR) is 81.4 cm³/mol. The van der Waals surface area contributed by atoms with Crippen molar-refractivity contribution in [2.24, 2.45) is 0 Å². The molecule has 0 spiro atoms. The minimum atomic E-state index is -4.25. The van der Waals surface area contributed by atoms with Crippen molar-refractivity contribution in [3.8, 4) is 0 Å². The lowest BCUT2D eigenvalue weighted by molar-refractivity contribution is -0.127. The number of rotatable bonds is 5. The number of nitrogens with one attached hydrogen (secondary N) is 1. The minimum absolute atomic E-state index is 0.133. The summed E-state index contributed by atoms with van der Waals surface area (Å²) in [5.41, 5.74) is 0.543. The lowest BCUT2D eigenvalue weighted by Gasteiger charge is -2.24. The van der Waals surface area contributed by atoms with Gasteiger partial charge in [0.25, 0.3) is 0 Å². The van der Waals surface area contributed by atoms with Gasteiger partial charge in [0.1, 0.15) is 0 Å². The molecule has 8 heteroatoms. The van der Waals surface area contributed by atoms with E-state index in [0.29, 0.717) is 11.4 Å². The van der Waals surface area contributed by atoms with Gasteiger partial charge in [-0.3, -0.25) is 4.21 Å². The SMILES string of the molecule is C[C@H](C[S@@](C)=O)N(C)C(=O)Nc1ccc(CC(F)(F)F)cc1. The molecule has 2 atom stereocenters. The van der Waals surface area contributed by atoms with E-state index in [2.05, 4.69) is 5.32 Å². The topological polar surface area (TPSA) is 49.4 Å². The van der Waals surface area contributed by atoms with Gasteiger partial charge in [-0.2, -0.15) is 13.2 Å². The van der Waals surface area contributed by atoms with Crippen molar-refractivity contribution in [1.29, 1.82) is 0 Å². The van der Waals surface area contributed by atoms with Crippen LogP contribution in [0, 0.1) is 0 Å². The predicted octanol–water partition coefficient (Wildman–Crippen LogP) is 3.02. The minimum Gasteiger partial charge on any atom is -0.324 e. The van der Waals surface area contributed by atoms with Crippen LogP contribution in [0.25, 0.3) is 0 Å². The maximum Gasteiger partial charge on any atom is 0.393 e. The fourth-order valence-corrected chi connectivity index (χ4v) is 2.70. The van der Waals surface area contributed by atoms with Crippen molar-refractivity contribution < 1.29 is 22.2 Å². The van der Waals surface area contributed by atoms with Crippen LogP contribution in [-0.2, 0) is 17.2 Å². The largest absolute Gasteiger partial charge is 0.393 e. The monoisotopic (exact) mass is 336 g/mol. The summed E-state index contributed by atoms with van der Waals surface area (Å²) in [7, 11) is 0.554. The summed E-state index contributed by atoms with van der Waals surface area (Å²) in [6.07, 6.45) is -3.70. The zero-order chi connectivity index (χ0) is 16.9. The molecule has 0 saturated heterocycles. The molecule has 1 aromatic rings. The van der Waals surface area contributed by atoms with Crippen LogP contribution in [0.1, 0.15) is 12.5 Å². The highest BCUT2D eigenvalue weighted by Crippen LogP contribution is 2.22. The average Bonchev–Trinajstić information content (AvgIpc) is 2.37. The third kappa shape index (κ3) is 6.46. The molecule has 0 unspecified atom stereocenters. The van der Waals surface area contributed by atoms with Gasteiger partial charge in [0.15, 0.2) is 0 Å². The van der Waals surface area contributed by atoms with Crippen LogP contribution in [0.2, 0.25) is 0 Å². The Morgan fingerprint density at radius 2 is 1.86 bits per heavy atom. The number of hydrogen-bond donors (Lipinski definition) is 1. The molecule has 0 fully saturated rings. The number of urea groups is 1. The average molecular weight is 336 g/mol. The fourth-order valence-electron chi connectivity index (χ4n) is 1.80. The van der Waals surface area contributed by atoms with Crippen LogP contribution < -0.4 is 5.32 Å². The number of carbonyl (C=O) groups excluding carboxylic acids is 1. The number of alkyl halides is 3. The number of halogens is 3. The van der Waals surface area contributed by atoms with Crippen molar-refractivity contribution in [3.63, 3.8) is 0 Å².